The van der Waals surface area contributed by atoms with E-state index in [0.29, 0.717) is 41.6 Å². The van der Waals surface area contributed by atoms with Crippen LogP contribution in [0.5, 0.6) is 0 Å². The molecule has 28 heavy (non-hydrogen) atoms. The molecule has 2 heterocycles. The molecule has 0 aliphatic heterocycles. The summed E-state index contributed by atoms with van der Waals surface area (Å²) >= 11 is 0. The quantitative estimate of drug-likeness (QED) is 0.702. The predicted molar refractivity (Wildman–Crippen MR) is 104 cm³/mol. The standard InChI is InChI=1S/C20H25FN6O/c1-19(2)14(8-15(19)28)26-17-13(9-22)11-25-18(27-17)24-10-12-6-5-7-23-16(12)20(3,4)21/h5-7,11,14-15,28H,8,10H2,1-4H3,(H2,24,25,26,27)/t14-,15+/m0/s1. The molecule has 8 heteroatoms. The van der Waals surface area contributed by atoms with Crippen LogP contribution in [0.25, 0.3) is 0 Å². The van der Waals surface area contributed by atoms with Crippen molar-refractivity contribution in [2.24, 2.45) is 5.41 Å². The van der Waals surface area contributed by atoms with Crippen molar-refractivity contribution in [3.05, 3.63) is 41.3 Å². The van der Waals surface area contributed by atoms with Gasteiger partial charge in [0.05, 0.1) is 18.0 Å². The Morgan fingerprint density at radius 1 is 1.39 bits per heavy atom. The van der Waals surface area contributed by atoms with Crippen molar-refractivity contribution >= 4 is 11.8 Å². The molecule has 2 aromatic heterocycles. The Balaban J connectivity index is 1.77. The zero-order valence-corrected chi connectivity index (χ0v) is 16.5. The van der Waals surface area contributed by atoms with Gasteiger partial charge >= 0.3 is 0 Å². The summed E-state index contributed by atoms with van der Waals surface area (Å²) in [6, 6.07) is 5.65. The van der Waals surface area contributed by atoms with Crippen LogP contribution in [0, 0.1) is 16.7 Å². The summed E-state index contributed by atoms with van der Waals surface area (Å²) < 4.78 is 14.4. The molecule has 0 unspecified atom stereocenters. The Kier molecular flexibility index (Phi) is 5.22. The first-order chi connectivity index (χ1) is 13.1. The molecule has 1 aliphatic carbocycles. The number of halogens is 1. The SMILES string of the molecule is CC(C)(F)c1ncccc1CNc1ncc(C#N)c(N[C@H]2C[C@@H](O)C2(C)C)n1. The van der Waals surface area contributed by atoms with Gasteiger partial charge in [0, 0.05) is 24.2 Å². The molecule has 3 rings (SSSR count). The number of aromatic nitrogens is 3. The molecule has 1 saturated carbocycles. The van der Waals surface area contributed by atoms with E-state index < -0.39 is 5.67 Å². The maximum atomic E-state index is 14.4. The third-order valence-corrected chi connectivity index (χ3v) is 5.33. The van der Waals surface area contributed by atoms with Gasteiger partial charge in [-0.2, -0.15) is 10.2 Å². The molecule has 1 fully saturated rings. The number of alkyl halides is 1. The average Bonchev–Trinajstić information content (AvgIpc) is 2.65. The lowest BCUT2D eigenvalue weighted by Crippen LogP contribution is -2.57. The van der Waals surface area contributed by atoms with Crippen molar-refractivity contribution in [2.75, 3.05) is 10.6 Å². The van der Waals surface area contributed by atoms with Crippen LogP contribution in [-0.4, -0.2) is 32.2 Å². The van der Waals surface area contributed by atoms with Gasteiger partial charge in [0.2, 0.25) is 5.95 Å². The summed E-state index contributed by atoms with van der Waals surface area (Å²) in [5.41, 5.74) is -0.467. The topological polar surface area (TPSA) is 107 Å². The molecule has 1 aliphatic rings. The lowest BCUT2D eigenvalue weighted by Gasteiger charge is -2.49. The number of anilines is 2. The zero-order valence-electron chi connectivity index (χ0n) is 16.5. The van der Waals surface area contributed by atoms with E-state index in [1.54, 1.807) is 18.3 Å². The van der Waals surface area contributed by atoms with E-state index in [2.05, 4.69) is 31.7 Å². The maximum absolute atomic E-state index is 14.4. The van der Waals surface area contributed by atoms with Gasteiger partial charge in [-0.25, -0.2) is 9.37 Å². The van der Waals surface area contributed by atoms with E-state index in [4.69, 9.17) is 0 Å². The lowest BCUT2D eigenvalue weighted by molar-refractivity contribution is -0.0511. The second-order valence-corrected chi connectivity index (χ2v) is 8.17. The van der Waals surface area contributed by atoms with Gasteiger partial charge in [-0.05, 0) is 31.9 Å². The van der Waals surface area contributed by atoms with Crippen LogP contribution in [0.4, 0.5) is 16.2 Å². The van der Waals surface area contributed by atoms with E-state index in [1.807, 2.05) is 13.8 Å². The molecule has 0 spiro atoms. The van der Waals surface area contributed by atoms with Crippen LogP contribution < -0.4 is 10.6 Å². The molecular formula is C20H25FN6O. The number of nitrogens with zero attached hydrogens (tertiary/aromatic N) is 4. The van der Waals surface area contributed by atoms with Crippen molar-refractivity contribution in [1.29, 1.82) is 5.26 Å². The normalized spacial score (nSPS) is 20.8. The van der Waals surface area contributed by atoms with Crippen molar-refractivity contribution in [1.82, 2.24) is 15.0 Å². The van der Waals surface area contributed by atoms with Gasteiger partial charge in [0.25, 0.3) is 0 Å². The highest BCUT2D eigenvalue weighted by Crippen LogP contribution is 2.42. The summed E-state index contributed by atoms with van der Waals surface area (Å²) in [7, 11) is 0. The van der Waals surface area contributed by atoms with Gasteiger partial charge in [-0.3, -0.25) is 4.98 Å². The van der Waals surface area contributed by atoms with Gasteiger partial charge in [-0.1, -0.05) is 19.9 Å². The molecular weight excluding hydrogens is 359 g/mol. The largest absolute Gasteiger partial charge is 0.392 e. The van der Waals surface area contributed by atoms with Gasteiger partial charge < -0.3 is 15.7 Å². The van der Waals surface area contributed by atoms with Crippen molar-refractivity contribution in [2.45, 2.75) is 58.5 Å². The Labute approximate surface area is 164 Å². The highest BCUT2D eigenvalue weighted by Gasteiger charge is 2.47. The number of hydrogen-bond acceptors (Lipinski definition) is 7. The van der Waals surface area contributed by atoms with Crippen LogP contribution in [-0.2, 0) is 12.2 Å². The molecule has 0 radical (unpaired) electrons. The minimum atomic E-state index is -1.56. The van der Waals surface area contributed by atoms with E-state index in [1.165, 1.54) is 20.0 Å². The number of nitriles is 1. The van der Waals surface area contributed by atoms with Crippen LogP contribution in [0.2, 0.25) is 0 Å². The van der Waals surface area contributed by atoms with Crippen molar-refractivity contribution in [3.8, 4) is 6.07 Å². The summed E-state index contributed by atoms with van der Waals surface area (Å²) in [6.45, 7) is 7.17. The highest BCUT2D eigenvalue weighted by molar-refractivity contribution is 5.54. The number of rotatable bonds is 6. The molecule has 148 valence electrons. The van der Waals surface area contributed by atoms with E-state index >= 15 is 0 Å². The van der Waals surface area contributed by atoms with E-state index in [0.717, 1.165) is 0 Å². The molecule has 0 aromatic carbocycles. The average molecular weight is 384 g/mol. The summed E-state index contributed by atoms with van der Waals surface area (Å²) in [5, 5.41) is 25.6. The van der Waals surface area contributed by atoms with Crippen molar-refractivity contribution < 1.29 is 9.50 Å². The molecule has 2 atom stereocenters. The number of nitrogens with one attached hydrogen (secondary N) is 2. The van der Waals surface area contributed by atoms with Gasteiger partial charge in [0.1, 0.15) is 23.1 Å². The van der Waals surface area contributed by atoms with E-state index in [9.17, 15) is 14.8 Å². The fourth-order valence-electron chi connectivity index (χ4n) is 3.26. The third-order valence-electron chi connectivity index (χ3n) is 5.33. The molecule has 0 amide bonds. The lowest BCUT2D eigenvalue weighted by atomic mass is 9.64. The summed E-state index contributed by atoms with van der Waals surface area (Å²) in [5.74, 6) is 0.743. The monoisotopic (exact) mass is 384 g/mol. The minimum absolute atomic E-state index is 0.00890. The Morgan fingerprint density at radius 3 is 2.75 bits per heavy atom. The second kappa shape index (κ2) is 7.32. The highest BCUT2D eigenvalue weighted by atomic mass is 19.1. The van der Waals surface area contributed by atoms with Gasteiger partial charge in [-0.15, -0.1) is 0 Å². The maximum Gasteiger partial charge on any atom is 0.224 e. The molecule has 2 aromatic rings. The minimum Gasteiger partial charge on any atom is -0.392 e. The first kappa shape index (κ1) is 20.0. The Hall–Kier alpha value is -2.79. The van der Waals surface area contributed by atoms with Crippen LogP contribution in [0.3, 0.4) is 0 Å². The van der Waals surface area contributed by atoms with Crippen LogP contribution in [0.15, 0.2) is 24.5 Å². The Bertz CT molecular complexity index is 902. The first-order valence-corrected chi connectivity index (χ1v) is 9.22. The van der Waals surface area contributed by atoms with E-state index in [-0.39, 0.29) is 17.6 Å². The fraction of sp³-hybridized carbons (Fsp3) is 0.500. The Morgan fingerprint density at radius 2 is 2.14 bits per heavy atom. The number of hydrogen-bond donors (Lipinski definition) is 3. The molecule has 0 saturated heterocycles. The summed E-state index contributed by atoms with van der Waals surface area (Å²) in [4.78, 5) is 12.7. The molecule has 7 nitrogen and oxygen atoms in total. The summed E-state index contributed by atoms with van der Waals surface area (Å²) in [6.07, 6.45) is 3.22. The van der Waals surface area contributed by atoms with Crippen LogP contribution in [0.1, 0.15) is 50.9 Å². The number of pyridine rings is 1. The third kappa shape index (κ3) is 3.90. The predicted octanol–water partition coefficient (Wildman–Crippen LogP) is 3.13. The first-order valence-electron chi connectivity index (χ1n) is 9.22. The molecule has 0 bridgehead atoms. The van der Waals surface area contributed by atoms with Crippen LogP contribution >= 0.6 is 0 Å². The fourth-order valence-corrected chi connectivity index (χ4v) is 3.26. The number of aliphatic hydroxyl groups is 1. The molecule has 3 N–H and O–H groups in total. The number of aliphatic hydroxyl groups excluding tert-OH is 1. The van der Waals surface area contributed by atoms with Crippen molar-refractivity contribution in [3.63, 3.8) is 0 Å². The zero-order chi connectivity index (χ0) is 20.5. The van der Waals surface area contributed by atoms with Gasteiger partial charge in [0.15, 0.2) is 0 Å². The second-order valence-electron chi connectivity index (χ2n) is 8.17. The smallest absolute Gasteiger partial charge is 0.224 e.